The fourth-order valence-electron chi connectivity index (χ4n) is 16.2. The quantitative estimate of drug-likeness (QED) is 0.149. The van der Waals surface area contributed by atoms with Crippen LogP contribution in [0.15, 0.2) is 393 Å². The molecule has 16 aromatic carbocycles. The van der Waals surface area contributed by atoms with Gasteiger partial charge in [-0.3, -0.25) is 0 Å². The van der Waals surface area contributed by atoms with Gasteiger partial charge in [-0.15, -0.1) is 22.7 Å². The predicted octanol–water partition coefficient (Wildman–Crippen LogP) is 29.2. The van der Waals surface area contributed by atoms with Crippen molar-refractivity contribution < 1.29 is 0 Å². The molecule has 22 aromatic rings. The summed E-state index contributed by atoms with van der Waals surface area (Å²) in [6, 6.07) is 140. The lowest BCUT2D eigenvalue weighted by Gasteiger charge is -2.12. The van der Waals surface area contributed by atoms with E-state index in [1.807, 2.05) is 22.7 Å². The number of nitrogens with zero attached hydrogens (tertiary/aromatic N) is 3. The van der Waals surface area contributed by atoms with Crippen LogP contribution in [0.4, 0.5) is 0 Å². The summed E-state index contributed by atoms with van der Waals surface area (Å²) in [5.41, 5.74) is 25.7. The SMILES string of the molecule is Brc1ccc(-c2cccc3c2sc2c(-c4ccccc4)cccc23)cc1.c1ccc(-c2cc3c4[nH]c5ccccc5c4ccc3n2-c2ccccc2)cc1.c1ccc(-c2cccc3c2sc2c(-c4ccc(-n5c6ccccc6c6ccc7c(cc(-c8ccccc8)n7-c7ccccc7)c65)cc4)cccc23)cc1. The molecule has 6 aromatic heterocycles. The monoisotopic (exact) mass is 1460 g/mol. The number of fused-ring (bicyclic) bond motifs is 16. The van der Waals surface area contributed by atoms with Crippen molar-refractivity contribution in [3.63, 3.8) is 0 Å². The summed E-state index contributed by atoms with van der Waals surface area (Å²) in [4.78, 5) is 3.65. The Labute approximate surface area is 635 Å². The first-order chi connectivity index (χ1) is 53.0. The molecule has 0 aliphatic rings. The highest BCUT2D eigenvalue weighted by Crippen LogP contribution is 2.48. The normalized spacial score (nSPS) is 11.6. The molecule has 504 valence electrons. The number of thiophene rings is 2. The molecule has 0 aliphatic carbocycles. The number of aromatic amines is 1. The summed E-state index contributed by atoms with van der Waals surface area (Å²) < 4.78 is 13.7. The average molecular weight is 1470 g/mol. The van der Waals surface area contributed by atoms with Crippen LogP contribution < -0.4 is 0 Å². The van der Waals surface area contributed by atoms with Crippen LogP contribution >= 0.6 is 38.6 Å². The summed E-state index contributed by atoms with van der Waals surface area (Å²) in [6.45, 7) is 0. The number of para-hydroxylation sites is 4. The van der Waals surface area contributed by atoms with Gasteiger partial charge in [0.2, 0.25) is 0 Å². The Hall–Kier alpha value is -12.9. The Morgan fingerprint density at radius 1 is 0.224 bits per heavy atom. The maximum Gasteiger partial charge on any atom is 0.0635 e. The second-order valence-corrected chi connectivity index (χ2v) is 30.1. The molecule has 4 nitrogen and oxygen atoms in total. The Morgan fingerprint density at radius 2 is 0.570 bits per heavy atom. The molecule has 0 aliphatic heterocycles. The lowest BCUT2D eigenvalue weighted by atomic mass is 10.00. The van der Waals surface area contributed by atoms with E-state index in [2.05, 4.69) is 423 Å². The van der Waals surface area contributed by atoms with Crippen LogP contribution in [0.2, 0.25) is 0 Å². The number of halogens is 1. The second kappa shape index (κ2) is 27.0. The van der Waals surface area contributed by atoms with Crippen molar-refractivity contribution in [2.75, 3.05) is 0 Å². The van der Waals surface area contributed by atoms with Gasteiger partial charge in [-0.05, 0) is 141 Å². The predicted molar refractivity (Wildman–Crippen MR) is 463 cm³/mol. The van der Waals surface area contributed by atoms with Crippen molar-refractivity contribution in [3.05, 3.63) is 393 Å². The molecular formula is C100H65BrN4S2. The highest BCUT2D eigenvalue weighted by molar-refractivity contribution is 9.10. The molecular weight excluding hydrogens is 1400 g/mol. The minimum Gasteiger partial charge on any atom is -0.354 e. The van der Waals surface area contributed by atoms with Gasteiger partial charge in [-0.25, -0.2) is 0 Å². The van der Waals surface area contributed by atoms with Gasteiger partial charge in [0.05, 0.1) is 39.0 Å². The molecule has 7 heteroatoms. The third kappa shape index (κ3) is 11.2. The molecule has 0 amide bonds. The maximum absolute atomic E-state index is 3.65. The van der Waals surface area contributed by atoms with Crippen LogP contribution in [-0.2, 0) is 0 Å². The topological polar surface area (TPSA) is 30.6 Å². The molecule has 0 bridgehead atoms. The van der Waals surface area contributed by atoms with E-state index in [1.54, 1.807) is 0 Å². The molecule has 0 unspecified atom stereocenters. The van der Waals surface area contributed by atoms with Crippen molar-refractivity contribution >= 4 is 144 Å². The number of hydrogen-bond acceptors (Lipinski definition) is 2. The Bertz CT molecular complexity index is 7070. The van der Waals surface area contributed by atoms with E-state index >= 15 is 0 Å². The van der Waals surface area contributed by atoms with Gasteiger partial charge in [0.1, 0.15) is 0 Å². The largest absolute Gasteiger partial charge is 0.354 e. The van der Waals surface area contributed by atoms with Gasteiger partial charge < -0.3 is 18.7 Å². The highest BCUT2D eigenvalue weighted by Gasteiger charge is 2.23. The molecule has 1 N–H and O–H groups in total. The van der Waals surface area contributed by atoms with Gasteiger partial charge in [0, 0.05) is 99.7 Å². The van der Waals surface area contributed by atoms with Crippen LogP contribution in [-0.4, -0.2) is 18.7 Å². The van der Waals surface area contributed by atoms with Crippen molar-refractivity contribution in [2.24, 2.45) is 0 Å². The maximum atomic E-state index is 3.65. The van der Waals surface area contributed by atoms with Crippen LogP contribution in [0.1, 0.15) is 0 Å². The van der Waals surface area contributed by atoms with Crippen LogP contribution in [0, 0.1) is 0 Å². The first kappa shape index (κ1) is 63.8. The third-order valence-corrected chi connectivity index (χ3v) is 24.2. The van der Waals surface area contributed by atoms with Gasteiger partial charge in [-0.2, -0.15) is 0 Å². The molecule has 0 radical (unpaired) electrons. The second-order valence-electron chi connectivity index (χ2n) is 27.2. The Balaban J connectivity index is 0.000000117. The minimum atomic E-state index is 1.11. The van der Waals surface area contributed by atoms with Crippen LogP contribution in [0.5, 0.6) is 0 Å². The first-order valence-electron chi connectivity index (χ1n) is 36.2. The van der Waals surface area contributed by atoms with Gasteiger partial charge in [0.25, 0.3) is 0 Å². The molecule has 0 atom stereocenters. The molecule has 0 fully saturated rings. The van der Waals surface area contributed by atoms with Crippen molar-refractivity contribution in [2.45, 2.75) is 0 Å². The number of benzene rings is 16. The fraction of sp³-hybridized carbons (Fsp3) is 0. The number of H-pyrrole nitrogens is 1. The van der Waals surface area contributed by atoms with Gasteiger partial charge in [-0.1, -0.05) is 319 Å². The van der Waals surface area contributed by atoms with E-state index in [1.165, 1.54) is 178 Å². The first-order valence-corrected chi connectivity index (χ1v) is 38.7. The van der Waals surface area contributed by atoms with E-state index in [-0.39, 0.29) is 0 Å². The van der Waals surface area contributed by atoms with Crippen molar-refractivity contribution in [1.29, 1.82) is 0 Å². The number of hydrogen-bond donors (Lipinski definition) is 1. The highest BCUT2D eigenvalue weighted by atomic mass is 79.9. The number of rotatable bonds is 9. The van der Waals surface area contributed by atoms with Crippen molar-refractivity contribution in [1.82, 2.24) is 18.7 Å². The summed E-state index contributed by atoms with van der Waals surface area (Å²) >= 11 is 7.34. The summed E-state index contributed by atoms with van der Waals surface area (Å²) in [5, 5.41) is 12.8. The molecule has 22 rings (SSSR count). The summed E-state index contributed by atoms with van der Waals surface area (Å²) in [5.74, 6) is 0. The van der Waals surface area contributed by atoms with E-state index < -0.39 is 0 Å². The summed E-state index contributed by atoms with van der Waals surface area (Å²) in [6.07, 6.45) is 0. The third-order valence-electron chi connectivity index (χ3n) is 21.1. The van der Waals surface area contributed by atoms with Crippen LogP contribution in [0.25, 0.3) is 190 Å². The summed E-state index contributed by atoms with van der Waals surface area (Å²) in [7, 11) is 0. The van der Waals surface area contributed by atoms with Gasteiger partial charge in [0.15, 0.2) is 0 Å². The Morgan fingerprint density at radius 3 is 1.05 bits per heavy atom. The lowest BCUT2D eigenvalue weighted by Crippen LogP contribution is -1.97. The van der Waals surface area contributed by atoms with E-state index in [4.69, 9.17) is 0 Å². The molecule has 6 heterocycles. The number of aromatic nitrogens is 4. The zero-order valence-electron chi connectivity index (χ0n) is 58.0. The molecule has 0 saturated heterocycles. The Kier molecular flexibility index (Phi) is 16.1. The average Bonchev–Trinajstić information content (AvgIpc) is 1.58. The van der Waals surface area contributed by atoms with E-state index in [9.17, 15) is 0 Å². The van der Waals surface area contributed by atoms with Crippen LogP contribution in [0.3, 0.4) is 0 Å². The minimum absolute atomic E-state index is 1.11. The zero-order chi connectivity index (χ0) is 70.9. The van der Waals surface area contributed by atoms with Crippen molar-refractivity contribution in [3.8, 4) is 84.1 Å². The van der Waals surface area contributed by atoms with E-state index in [0.717, 1.165) is 15.8 Å². The molecule has 0 saturated carbocycles. The zero-order valence-corrected chi connectivity index (χ0v) is 61.2. The van der Waals surface area contributed by atoms with Gasteiger partial charge >= 0.3 is 0 Å². The molecule has 0 spiro atoms. The molecule has 107 heavy (non-hydrogen) atoms. The lowest BCUT2D eigenvalue weighted by molar-refractivity contribution is 1.13. The smallest absolute Gasteiger partial charge is 0.0635 e. The standard InChI is InChI=1S/C50H32N2S.C26H18N2.C24H15BrS/c1-4-14-33(15-5-1)38-21-12-23-42-43-24-13-22-39(50(43)53-49(38)42)34-26-28-37(29-27-34)52-45-25-11-10-20-40(45)41-30-31-46-44(48(41)52)32-47(35-16-6-2-7-17-35)51(46)36-18-8-3-9-19-36;1-3-9-18(10-4-1)25-17-22-24(28(25)19-11-5-2-6-12-19)16-15-21-20-13-7-8-14-23(20)27-26(21)22;25-18-14-12-17(13-15-18)20-9-5-11-22-21-10-4-8-19(23(21)26-24(20)22)16-6-2-1-3-7-16/h1-32H;1-17,27H;1-15H. The fourth-order valence-corrected chi connectivity index (χ4v) is 19.2. The van der Waals surface area contributed by atoms with E-state index in [0.29, 0.717) is 0 Å². The number of nitrogens with one attached hydrogen (secondary N) is 1.